The number of methoxy groups -OCH3 is 1. The average molecular weight is 233 g/mol. The van der Waals surface area contributed by atoms with Crippen molar-refractivity contribution >= 4 is 15.8 Å². The standard InChI is InChI=1S/C9H15NO4S/c1-14-8(11)9(10)4-6-2-3-7(5-9)15(6,12)13/h6-7H,2-5,10H2,1H3. The van der Waals surface area contributed by atoms with Gasteiger partial charge in [-0.15, -0.1) is 0 Å². The molecule has 2 unspecified atom stereocenters. The number of hydrogen-bond donors (Lipinski definition) is 1. The van der Waals surface area contributed by atoms with Crippen LogP contribution in [0.25, 0.3) is 0 Å². The second kappa shape index (κ2) is 3.18. The van der Waals surface area contributed by atoms with E-state index in [0.717, 1.165) is 0 Å². The highest BCUT2D eigenvalue weighted by molar-refractivity contribution is 7.93. The summed E-state index contributed by atoms with van der Waals surface area (Å²) in [6.07, 6.45) is 1.67. The molecule has 2 saturated heterocycles. The highest BCUT2D eigenvalue weighted by Crippen LogP contribution is 2.42. The summed E-state index contributed by atoms with van der Waals surface area (Å²) < 4.78 is 28.2. The fourth-order valence-electron chi connectivity index (χ4n) is 2.67. The van der Waals surface area contributed by atoms with Crippen LogP contribution in [-0.2, 0) is 19.4 Å². The van der Waals surface area contributed by atoms with Crippen molar-refractivity contribution in [1.82, 2.24) is 0 Å². The molecule has 2 aliphatic rings. The van der Waals surface area contributed by atoms with Gasteiger partial charge in [0.1, 0.15) is 5.54 Å². The zero-order chi connectivity index (χ0) is 11.3. The zero-order valence-corrected chi connectivity index (χ0v) is 9.42. The van der Waals surface area contributed by atoms with E-state index in [-0.39, 0.29) is 12.8 Å². The molecule has 0 aromatic rings. The highest BCUT2D eigenvalue weighted by Gasteiger charge is 2.55. The van der Waals surface area contributed by atoms with Gasteiger partial charge in [0.25, 0.3) is 0 Å². The highest BCUT2D eigenvalue weighted by atomic mass is 32.2. The van der Waals surface area contributed by atoms with Gasteiger partial charge in [-0.2, -0.15) is 0 Å². The molecule has 2 rings (SSSR count). The smallest absolute Gasteiger partial charge is 0.325 e. The third kappa shape index (κ3) is 1.47. The summed E-state index contributed by atoms with van der Waals surface area (Å²) in [7, 11) is -1.75. The van der Waals surface area contributed by atoms with Crippen molar-refractivity contribution in [3.05, 3.63) is 0 Å². The Morgan fingerprint density at radius 3 is 2.20 bits per heavy atom. The molecule has 15 heavy (non-hydrogen) atoms. The monoisotopic (exact) mass is 233 g/mol. The Morgan fingerprint density at radius 2 is 1.80 bits per heavy atom. The molecule has 0 aromatic heterocycles. The van der Waals surface area contributed by atoms with Crippen LogP contribution in [0, 0.1) is 0 Å². The SMILES string of the molecule is COC(=O)C1(N)CC2CCC(C1)S2(=O)=O. The van der Waals surface area contributed by atoms with Gasteiger partial charge in [-0.3, -0.25) is 4.79 Å². The molecule has 2 fully saturated rings. The van der Waals surface area contributed by atoms with E-state index >= 15 is 0 Å². The van der Waals surface area contributed by atoms with Crippen LogP contribution >= 0.6 is 0 Å². The van der Waals surface area contributed by atoms with E-state index in [1.165, 1.54) is 7.11 Å². The lowest BCUT2D eigenvalue weighted by Crippen LogP contribution is -2.56. The normalized spacial score (nSPS) is 42.5. The van der Waals surface area contributed by atoms with Crippen LogP contribution in [0.15, 0.2) is 0 Å². The van der Waals surface area contributed by atoms with Crippen LogP contribution in [0.4, 0.5) is 0 Å². The van der Waals surface area contributed by atoms with Gasteiger partial charge in [-0.25, -0.2) is 8.42 Å². The van der Waals surface area contributed by atoms with E-state index in [1.807, 2.05) is 0 Å². The molecule has 2 heterocycles. The maximum Gasteiger partial charge on any atom is 0.325 e. The first-order valence-corrected chi connectivity index (χ1v) is 6.61. The number of carbonyl (C=O) groups is 1. The Hall–Kier alpha value is -0.620. The van der Waals surface area contributed by atoms with Gasteiger partial charge in [0, 0.05) is 0 Å². The van der Waals surface area contributed by atoms with Crippen LogP contribution in [0.2, 0.25) is 0 Å². The van der Waals surface area contributed by atoms with Gasteiger partial charge in [-0.05, 0) is 25.7 Å². The summed E-state index contributed by atoms with van der Waals surface area (Å²) in [5.74, 6) is -0.491. The van der Waals surface area contributed by atoms with Gasteiger partial charge in [0.2, 0.25) is 0 Å². The predicted molar refractivity (Wildman–Crippen MR) is 53.9 cm³/mol. The number of ether oxygens (including phenoxy) is 1. The second-order valence-electron chi connectivity index (χ2n) is 4.47. The van der Waals surface area contributed by atoms with Gasteiger partial charge < -0.3 is 10.5 Å². The van der Waals surface area contributed by atoms with Crippen LogP contribution < -0.4 is 5.73 Å². The minimum atomic E-state index is -3.03. The maximum atomic E-state index is 11.8. The van der Waals surface area contributed by atoms with Crippen LogP contribution in [0.3, 0.4) is 0 Å². The lowest BCUT2D eigenvalue weighted by molar-refractivity contribution is -0.147. The first kappa shape index (κ1) is 10.9. The molecule has 86 valence electrons. The zero-order valence-electron chi connectivity index (χ0n) is 8.60. The molecule has 6 heteroatoms. The van der Waals surface area contributed by atoms with Crippen LogP contribution in [0.5, 0.6) is 0 Å². The van der Waals surface area contributed by atoms with Crippen LogP contribution in [0.1, 0.15) is 25.7 Å². The van der Waals surface area contributed by atoms with Crippen molar-refractivity contribution in [2.45, 2.75) is 41.7 Å². The number of rotatable bonds is 1. The minimum absolute atomic E-state index is 0.207. The number of nitrogens with two attached hydrogens (primary N) is 1. The number of hydrogen-bond acceptors (Lipinski definition) is 5. The Balaban J connectivity index is 2.29. The third-order valence-corrected chi connectivity index (χ3v) is 6.18. The molecule has 5 nitrogen and oxygen atoms in total. The van der Waals surface area contributed by atoms with Crippen molar-refractivity contribution in [2.24, 2.45) is 5.73 Å². The topological polar surface area (TPSA) is 86.5 Å². The van der Waals surface area contributed by atoms with E-state index in [1.54, 1.807) is 0 Å². The fourth-order valence-corrected chi connectivity index (χ4v) is 5.21. The van der Waals surface area contributed by atoms with Crippen molar-refractivity contribution in [1.29, 1.82) is 0 Å². The second-order valence-corrected chi connectivity index (χ2v) is 6.98. The molecule has 0 radical (unpaired) electrons. The maximum absolute atomic E-state index is 11.8. The Kier molecular flexibility index (Phi) is 2.31. The van der Waals surface area contributed by atoms with E-state index in [4.69, 9.17) is 5.73 Å². The van der Waals surface area contributed by atoms with Crippen molar-refractivity contribution in [3.8, 4) is 0 Å². The van der Waals surface area contributed by atoms with E-state index < -0.39 is 31.8 Å². The lowest BCUT2D eigenvalue weighted by atomic mass is 9.91. The number of sulfone groups is 1. The molecule has 0 aromatic carbocycles. The lowest BCUT2D eigenvalue weighted by Gasteiger charge is -2.34. The summed E-state index contributed by atoms with van der Waals surface area (Å²) in [5.41, 5.74) is 4.82. The minimum Gasteiger partial charge on any atom is -0.468 e. The van der Waals surface area contributed by atoms with E-state index in [9.17, 15) is 13.2 Å². The van der Waals surface area contributed by atoms with Gasteiger partial charge in [-0.1, -0.05) is 0 Å². The molecule has 0 amide bonds. The quantitative estimate of drug-likeness (QED) is 0.622. The largest absolute Gasteiger partial charge is 0.468 e. The predicted octanol–water partition coefficient (Wildman–Crippen LogP) is -0.403. The first-order chi connectivity index (χ1) is 6.90. The first-order valence-electron chi connectivity index (χ1n) is 5.00. The summed E-state index contributed by atoms with van der Waals surface area (Å²) >= 11 is 0. The molecule has 0 aliphatic carbocycles. The van der Waals surface area contributed by atoms with Gasteiger partial charge in [0.05, 0.1) is 17.6 Å². The fraction of sp³-hybridized carbons (Fsp3) is 0.889. The summed E-state index contributed by atoms with van der Waals surface area (Å²) in [6, 6.07) is 0. The summed E-state index contributed by atoms with van der Waals surface area (Å²) in [4.78, 5) is 11.5. The molecule has 2 aliphatic heterocycles. The average Bonchev–Trinajstić information content (AvgIpc) is 2.41. The summed E-state index contributed by atoms with van der Waals surface area (Å²) in [6.45, 7) is 0. The van der Waals surface area contributed by atoms with Crippen LogP contribution in [-0.4, -0.2) is 37.5 Å². The summed E-state index contributed by atoms with van der Waals surface area (Å²) in [5, 5.41) is -0.888. The Bertz CT molecular complexity index is 369. The van der Waals surface area contributed by atoms with Crippen molar-refractivity contribution in [3.63, 3.8) is 0 Å². The molecular formula is C9H15NO4S. The van der Waals surface area contributed by atoms with E-state index in [0.29, 0.717) is 12.8 Å². The Labute approximate surface area is 88.9 Å². The van der Waals surface area contributed by atoms with Crippen molar-refractivity contribution < 1.29 is 17.9 Å². The third-order valence-electron chi connectivity index (χ3n) is 3.52. The number of carbonyl (C=O) groups excluding carboxylic acids is 1. The molecule has 2 atom stereocenters. The number of fused-ring (bicyclic) bond motifs is 2. The van der Waals surface area contributed by atoms with Gasteiger partial charge in [0.15, 0.2) is 9.84 Å². The molecule has 0 spiro atoms. The van der Waals surface area contributed by atoms with Gasteiger partial charge >= 0.3 is 5.97 Å². The van der Waals surface area contributed by atoms with E-state index in [2.05, 4.69) is 4.74 Å². The molecular weight excluding hydrogens is 218 g/mol. The molecule has 2 bridgehead atoms. The molecule has 0 saturated carbocycles. The Morgan fingerprint density at radius 1 is 1.33 bits per heavy atom. The molecule has 2 N–H and O–H groups in total. The van der Waals surface area contributed by atoms with Crippen molar-refractivity contribution in [2.75, 3.05) is 7.11 Å². The number of esters is 1.